The van der Waals surface area contributed by atoms with E-state index in [2.05, 4.69) is 15.3 Å². The Balaban J connectivity index is 1.45. The van der Waals surface area contributed by atoms with Crippen LogP contribution >= 0.6 is 11.3 Å². The average Bonchev–Trinajstić information content (AvgIpc) is 3.05. The summed E-state index contributed by atoms with van der Waals surface area (Å²) in [5.74, 6) is -1.89. The second-order valence-corrected chi connectivity index (χ2v) is 10.8. The molecular weight excluding hydrogens is 516 g/mol. The van der Waals surface area contributed by atoms with Crippen molar-refractivity contribution in [3.8, 4) is 16.3 Å². The Morgan fingerprint density at radius 3 is 2.61 bits per heavy atom. The monoisotopic (exact) mass is 545 g/mol. The molecule has 1 fully saturated rings. The number of amides is 2. The number of thiazole rings is 1. The fourth-order valence-electron chi connectivity index (χ4n) is 3.94. The highest BCUT2D eigenvalue weighted by molar-refractivity contribution is 7.19. The Bertz CT molecular complexity index is 1310. The highest BCUT2D eigenvalue weighted by Gasteiger charge is 2.27. The molecule has 0 spiro atoms. The number of aromatic nitrogens is 2. The number of likely N-dealkylation sites (tertiary alicyclic amines) is 1. The van der Waals surface area contributed by atoms with E-state index in [9.17, 15) is 18.4 Å². The second-order valence-electron chi connectivity index (χ2n) is 9.79. The number of nitrogens with zero attached hydrogens (tertiary/aromatic N) is 3. The van der Waals surface area contributed by atoms with Crippen LogP contribution in [0.5, 0.6) is 5.75 Å². The number of halogens is 2. The summed E-state index contributed by atoms with van der Waals surface area (Å²) in [5.41, 5.74) is 5.18. The predicted molar refractivity (Wildman–Crippen MR) is 140 cm³/mol. The first-order valence-corrected chi connectivity index (χ1v) is 12.9. The van der Waals surface area contributed by atoms with E-state index in [1.165, 1.54) is 18.5 Å². The molecule has 0 aliphatic carbocycles. The summed E-state index contributed by atoms with van der Waals surface area (Å²) >= 11 is 0.812. The van der Waals surface area contributed by atoms with Gasteiger partial charge < -0.3 is 25.4 Å². The quantitative estimate of drug-likeness (QED) is 0.435. The maximum atomic E-state index is 14.2. The molecule has 1 saturated heterocycles. The van der Waals surface area contributed by atoms with Crippen LogP contribution in [0.4, 0.5) is 24.3 Å². The van der Waals surface area contributed by atoms with Gasteiger partial charge in [-0.1, -0.05) is 17.4 Å². The molecule has 2 amide bonds. The number of nitrogens with one attached hydrogen (secondary N) is 1. The second kappa shape index (κ2) is 11.3. The molecule has 0 saturated carbocycles. The minimum Gasteiger partial charge on any atom is -0.488 e. The zero-order valence-electron chi connectivity index (χ0n) is 21.3. The van der Waals surface area contributed by atoms with Crippen molar-refractivity contribution in [1.82, 2.24) is 14.9 Å². The average molecular weight is 546 g/mol. The molecule has 1 aliphatic heterocycles. The van der Waals surface area contributed by atoms with Gasteiger partial charge in [-0.05, 0) is 45.7 Å². The third-order valence-corrected chi connectivity index (χ3v) is 6.60. The molecule has 4 rings (SSSR count). The number of ether oxygens (including phenoxy) is 2. The van der Waals surface area contributed by atoms with Crippen LogP contribution < -0.4 is 15.8 Å². The fraction of sp³-hybridized carbons (Fsp3) is 0.385. The summed E-state index contributed by atoms with van der Waals surface area (Å²) < 4.78 is 40.1. The minimum absolute atomic E-state index is 0.0116. The molecule has 38 heavy (non-hydrogen) atoms. The van der Waals surface area contributed by atoms with Crippen molar-refractivity contribution in [1.29, 1.82) is 0 Å². The number of nitrogens with two attached hydrogens (primary N) is 1. The highest BCUT2D eigenvalue weighted by atomic mass is 32.1. The van der Waals surface area contributed by atoms with E-state index in [0.717, 1.165) is 29.9 Å². The van der Waals surface area contributed by atoms with Crippen molar-refractivity contribution in [2.45, 2.75) is 51.7 Å². The molecule has 1 aromatic carbocycles. The topological polar surface area (TPSA) is 120 Å². The van der Waals surface area contributed by atoms with E-state index in [0.29, 0.717) is 31.7 Å². The first kappa shape index (κ1) is 27.2. The van der Waals surface area contributed by atoms with Crippen LogP contribution in [0.25, 0.3) is 10.6 Å². The Morgan fingerprint density at radius 1 is 1.16 bits per heavy atom. The van der Waals surface area contributed by atoms with Crippen LogP contribution in [0.3, 0.4) is 0 Å². The number of anilines is 2. The fourth-order valence-corrected chi connectivity index (χ4v) is 4.81. The Hall–Kier alpha value is -3.80. The van der Waals surface area contributed by atoms with Crippen molar-refractivity contribution in [3.63, 3.8) is 0 Å². The Kier molecular flexibility index (Phi) is 8.10. The number of hydrogen-bond donors (Lipinski definition) is 2. The zero-order chi connectivity index (χ0) is 27.4. The molecule has 1 aliphatic rings. The van der Waals surface area contributed by atoms with Crippen LogP contribution in [0.15, 0.2) is 36.7 Å². The summed E-state index contributed by atoms with van der Waals surface area (Å²) in [6.45, 7) is 6.50. The van der Waals surface area contributed by atoms with Gasteiger partial charge in [0.1, 0.15) is 44.8 Å². The number of rotatable bonds is 5. The van der Waals surface area contributed by atoms with Crippen molar-refractivity contribution in [2.24, 2.45) is 0 Å². The van der Waals surface area contributed by atoms with E-state index in [1.807, 2.05) is 20.8 Å². The summed E-state index contributed by atoms with van der Waals surface area (Å²) in [7, 11) is 0. The lowest BCUT2D eigenvalue weighted by atomic mass is 10.1. The third-order valence-electron chi connectivity index (χ3n) is 5.69. The Morgan fingerprint density at radius 2 is 1.89 bits per heavy atom. The first-order valence-electron chi connectivity index (χ1n) is 12.1. The number of pyridine rings is 1. The van der Waals surface area contributed by atoms with Crippen LogP contribution in [0, 0.1) is 11.6 Å². The van der Waals surface area contributed by atoms with E-state index < -0.39 is 23.1 Å². The maximum absolute atomic E-state index is 14.2. The Labute approximate surface area is 223 Å². The lowest BCUT2D eigenvalue weighted by Gasteiger charge is -2.26. The van der Waals surface area contributed by atoms with Gasteiger partial charge in [0, 0.05) is 31.8 Å². The van der Waals surface area contributed by atoms with Gasteiger partial charge in [0.15, 0.2) is 5.69 Å². The van der Waals surface area contributed by atoms with E-state index >= 15 is 0 Å². The molecule has 0 bridgehead atoms. The molecule has 202 valence electrons. The molecule has 3 heterocycles. The summed E-state index contributed by atoms with van der Waals surface area (Å²) in [5, 5.41) is 2.65. The minimum atomic E-state index is -0.803. The van der Waals surface area contributed by atoms with Crippen molar-refractivity contribution in [3.05, 3.63) is 54.0 Å². The SMILES string of the molecule is CC(C)(C)OC(=O)N1CCCC(Oc2ccncc2NC(=O)c2nc(-c3c(F)cccc3F)sc2N)CC1. The highest BCUT2D eigenvalue weighted by Crippen LogP contribution is 2.34. The molecule has 3 N–H and O–H groups in total. The van der Waals surface area contributed by atoms with Crippen LogP contribution in [-0.2, 0) is 4.74 Å². The lowest BCUT2D eigenvalue weighted by molar-refractivity contribution is 0.0252. The van der Waals surface area contributed by atoms with Crippen LogP contribution in [0.1, 0.15) is 50.5 Å². The molecule has 12 heteroatoms. The molecule has 2 aromatic heterocycles. The molecule has 3 aromatic rings. The molecule has 0 radical (unpaired) electrons. The zero-order valence-corrected chi connectivity index (χ0v) is 22.1. The molecule has 9 nitrogen and oxygen atoms in total. The smallest absolute Gasteiger partial charge is 0.410 e. The van der Waals surface area contributed by atoms with Gasteiger partial charge in [0.05, 0.1) is 11.8 Å². The van der Waals surface area contributed by atoms with Crippen molar-refractivity contribution in [2.75, 3.05) is 24.1 Å². The molecular formula is C26H29F2N5O4S. The standard InChI is InChI=1S/C26H29F2N5O4S/c1-26(2,3)37-25(35)33-12-5-6-15(10-13-33)36-19-9-11-30-14-18(19)31-23(34)21-22(29)38-24(32-21)20-16(27)7-4-8-17(20)28/h4,7-9,11,14-15H,5-6,10,12-13,29H2,1-3H3,(H,31,34). The van der Waals surface area contributed by atoms with Crippen molar-refractivity contribution >= 4 is 34.0 Å². The predicted octanol–water partition coefficient (Wildman–Crippen LogP) is 5.49. The van der Waals surface area contributed by atoms with Gasteiger partial charge in [0.2, 0.25) is 0 Å². The number of carbonyl (C=O) groups is 2. The van der Waals surface area contributed by atoms with Gasteiger partial charge in [-0.3, -0.25) is 9.78 Å². The summed E-state index contributed by atoms with van der Waals surface area (Å²) in [4.78, 5) is 35.3. The van der Waals surface area contributed by atoms with E-state index in [-0.39, 0.29) is 39.2 Å². The largest absolute Gasteiger partial charge is 0.488 e. The van der Waals surface area contributed by atoms with Gasteiger partial charge in [-0.2, -0.15) is 0 Å². The van der Waals surface area contributed by atoms with Crippen molar-refractivity contribution < 1.29 is 27.8 Å². The van der Waals surface area contributed by atoms with Gasteiger partial charge in [-0.15, -0.1) is 0 Å². The van der Waals surface area contributed by atoms with E-state index in [4.69, 9.17) is 15.2 Å². The third kappa shape index (κ3) is 6.55. The normalized spacial score (nSPS) is 16.0. The molecule has 1 unspecified atom stereocenters. The summed E-state index contributed by atoms with van der Waals surface area (Å²) in [6.07, 6.45) is 4.39. The first-order chi connectivity index (χ1) is 18.0. The molecule has 1 atom stereocenters. The number of benzene rings is 1. The van der Waals surface area contributed by atoms with Gasteiger partial charge >= 0.3 is 6.09 Å². The van der Waals surface area contributed by atoms with Gasteiger partial charge in [0.25, 0.3) is 5.91 Å². The number of carbonyl (C=O) groups excluding carboxylic acids is 2. The van der Waals surface area contributed by atoms with Crippen LogP contribution in [0.2, 0.25) is 0 Å². The van der Waals surface area contributed by atoms with Crippen LogP contribution in [-0.4, -0.2) is 51.7 Å². The maximum Gasteiger partial charge on any atom is 0.410 e. The van der Waals surface area contributed by atoms with E-state index in [1.54, 1.807) is 11.0 Å². The number of hydrogen-bond acceptors (Lipinski definition) is 8. The summed E-state index contributed by atoms with van der Waals surface area (Å²) in [6, 6.07) is 5.08. The van der Waals surface area contributed by atoms with Gasteiger partial charge in [-0.25, -0.2) is 18.6 Å². The number of nitrogen functional groups attached to an aromatic ring is 1. The lowest BCUT2D eigenvalue weighted by Crippen LogP contribution is -2.37.